The van der Waals surface area contributed by atoms with Gasteiger partial charge in [-0.3, -0.25) is 14.5 Å². The first kappa shape index (κ1) is 20.1. The summed E-state index contributed by atoms with van der Waals surface area (Å²) < 4.78 is 0.964. The lowest BCUT2D eigenvalue weighted by atomic mass is 10.0. The number of rotatable bonds is 6. The van der Waals surface area contributed by atoms with E-state index >= 15 is 0 Å². The molecule has 0 fully saturated rings. The summed E-state index contributed by atoms with van der Waals surface area (Å²) in [7, 11) is 5.22. The molecule has 0 aliphatic heterocycles. The summed E-state index contributed by atoms with van der Waals surface area (Å²) in [6.07, 6.45) is 0. The van der Waals surface area contributed by atoms with Crippen molar-refractivity contribution in [1.29, 1.82) is 0 Å². The fourth-order valence-corrected chi connectivity index (χ4v) is 3.22. The number of amides is 2. The molecule has 0 saturated carbocycles. The van der Waals surface area contributed by atoms with E-state index in [9.17, 15) is 9.59 Å². The van der Waals surface area contributed by atoms with E-state index in [1.54, 1.807) is 30.9 Å². The smallest absolute Gasteiger partial charge is 0.244 e. The van der Waals surface area contributed by atoms with E-state index in [2.05, 4.69) is 21.2 Å². The first-order valence-electron chi connectivity index (χ1n) is 8.32. The van der Waals surface area contributed by atoms with Gasteiger partial charge in [-0.25, -0.2) is 0 Å². The lowest BCUT2D eigenvalue weighted by Gasteiger charge is -2.29. The summed E-state index contributed by atoms with van der Waals surface area (Å²) in [5.41, 5.74) is 2.60. The second-order valence-corrected chi connectivity index (χ2v) is 7.38. The number of nitrogens with zero attached hydrogens (tertiary/aromatic N) is 2. The van der Waals surface area contributed by atoms with Crippen LogP contribution in [0.4, 0.5) is 5.69 Å². The molecule has 2 aromatic carbocycles. The molecule has 2 rings (SSSR count). The fraction of sp³-hybridized carbons (Fsp3) is 0.300. The van der Waals surface area contributed by atoms with Gasteiger partial charge in [0.2, 0.25) is 11.8 Å². The van der Waals surface area contributed by atoms with Crippen LogP contribution in [0.5, 0.6) is 0 Å². The molecular weight excluding hydrogens is 394 g/mol. The number of carbonyl (C=O) groups is 2. The van der Waals surface area contributed by atoms with Crippen LogP contribution in [0.3, 0.4) is 0 Å². The Morgan fingerprint density at radius 1 is 1.08 bits per heavy atom. The van der Waals surface area contributed by atoms with Gasteiger partial charge in [-0.1, -0.05) is 46.3 Å². The fourth-order valence-electron chi connectivity index (χ4n) is 2.74. The topological polar surface area (TPSA) is 52.7 Å². The monoisotopic (exact) mass is 417 g/mol. The third kappa shape index (κ3) is 5.16. The maximum absolute atomic E-state index is 12.7. The molecule has 0 aliphatic carbocycles. The number of anilines is 1. The molecule has 0 aromatic heterocycles. The zero-order chi connectivity index (χ0) is 19.3. The van der Waals surface area contributed by atoms with Crippen LogP contribution in [0.1, 0.15) is 17.2 Å². The van der Waals surface area contributed by atoms with Gasteiger partial charge in [-0.05, 0) is 43.3 Å². The van der Waals surface area contributed by atoms with Crippen molar-refractivity contribution in [1.82, 2.24) is 9.80 Å². The van der Waals surface area contributed by atoms with Gasteiger partial charge in [0.1, 0.15) is 6.04 Å². The van der Waals surface area contributed by atoms with Gasteiger partial charge in [-0.15, -0.1) is 0 Å². The van der Waals surface area contributed by atoms with Crippen LogP contribution in [-0.2, 0) is 9.59 Å². The lowest BCUT2D eigenvalue weighted by molar-refractivity contribution is -0.134. The van der Waals surface area contributed by atoms with E-state index in [0.717, 1.165) is 21.3 Å². The Balaban J connectivity index is 2.14. The average molecular weight is 418 g/mol. The molecule has 0 saturated heterocycles. The normalized spacial score (nSPS) is 11.9. The molecule has 0 heterocycles. The third-order valence-corrected chi connectivity index (χ3v) is 4.58. The van der Waals surface area contributed by atoms with Gasteiger partial charge in [0.25, 0.3) is 0 Å². The van der Waals surface area contributed by atoms with Crippen molar-refractivity contribution >= 4 is 33.4 Å². The predicted octanol–water partition coefficient (Wildman–Crippen LogP) is 3.46. The molecule has 138 valence electrons. The van der Waals surface area contributed by atoms with Crippen LogP contribution < -0.4 is 5.32 Å². The van der Waals surface area contributed by atoms with Gasteiger partial charge in [0.15, 0.2) is 0 Å². The number of carbonyl (C=O) groups excluding carboxylic acids is 2. The highest BCUT2D eigenvalue weighted by Gasteiger charge is 2.27. The van der Waals surface area contributed by atoms with Gasteiger partial charge in [0.05, 0.1) is 6.54 Å². The summed E-state index contributed by atoms with van der Waals surface area (Å²) >= 11 is 3.41. The van der Waals surface area contributed by atoms with Crippen LogP contribution in [0.15, 0.2) is 53.0 Å². The minimum absolute atomic E-state index is 0.0636. The molecule has 2 aromatic rings. The van der Waals surface area contributed by atoms with Gasteiger partial charge in [0, 0.05) is 24.3 Å². The Kier molecular flexibility index (Phi) is 6.94. The minimum Gasteiger partial charge on any atom is -0.347 e. The van der Waals surface area contributed by atoms with E-state index in [4.69, 9.17) is 0 Å². The molecule has 1 atom stereocenters. The molecule has 0 unspecified atom stereocenters. The Hall–Kier alpha value is -2.18. The molecule has 0 spiro atoms. The number of nitrogens with one attached hydrogen (secondary N) is 1. The zero-order valence-corrected chi connectivity index (χ0v) is 17.1. The summed E-state index contributed by atoms with van der Waals surface area (Å²) in [6.45, 7) is 2.04. The molecular formula is C20H24BrN3O2. The number of hydrogen-bond donors (Lipinski definition) is 1. The molecule has 0 bridgehead atoms. The molecule has 0 aliphatic rings. The molecule has 6 heteroatoms. The van der Waals surface area contributed by atoms with Crippen LogP contribution in [0, 0.1) is 6.92 Å². The zero-order valence-electron chi connectivity index (χ0n) is 15.5. The van der Waals surface area contributed by atoms with Crippen LogP contribution in [-0.4, -0.2) is 49.3 Å². The van der Waals surface area contributed by atoms with Crippen molar-refractivity contribution in [3.8, 4) is 0 Å². The highest BCUT2D eigenvalue weighted by molar-refractivity contribution is 9.10. The Morgan fingerprint density at radius 3 is 2.31 bits per heavy atom. The lowest BCUT2D eigenvalue weighted by Crippen LogP contribution is -2.41. The maximum Gasteiger partial charge on any atom is 0.244 e. The first-order valence-corrected chi connectivity index (χ1v) is 9.11. The first-order chi connectivity index (χ1) is 12.3. The second-order valence-electron chi connectivity index (χ2n) is 6.47. The Bertz CT molecular complexity index is 778. The van der Waals surface area contributed by atoms with Crippen molar-refractivity contribution in [2.45, 2.75) is 13.0 Å². The quantitative estimate of drug-likeness (QED) is 0.782. The summed E-state index contributed by atoms with van der Waals surface area (Å²) in [5, 5.41) is 2.92. The number of aryl methyl sites for hydroxylation is 1. The van der Waals surface area contributed by atoms with Crippen molar-refractivity contribution < 1.29 is 9.59 Å². The molecule has 26 heavy (non-hydrogen) atoms. The molecule has 5 nitrogen and oxygen atoms in total. The third-order valence-electron chi connectivity index (χ3n) is 4.09. The summed E-state index contributed by atoms with van der Waals surface area (Å²) in [4.78, 5) is 28.5. The van der Waals surface area contributed by atoms with Gasteiger partial charge >= 0.3 is 0 Å². The van der Waals surface area contributed by atoms with E-state index in [0.29, 0.717) is 0 Å². The van der Waals surface area contributed by atoms with Crippen LogP contribution >= 0.6 is 15.9 Å². The van der Waals surface area contributed by atoms with Crippen molar-refractivity contribution in [2.75, 3.05) is 33.0 Å². The standard InChI is InChI=1S/C20H24BrN3O2/c1-14-12-16(21)10-11-17(14)22-18(25)13-24(4)19(20(26)23(2)3)15-8-6-5-7-9-15/h5-12,19H,13H2,1-4H3,(H,22,25)/t19-/m1/s1. The molecule has 1 N–H and O–H groups in total. The Labute approximate surface area is 163 Å². The Morgan fingerprint density at radius 2 is 1.73 bits per heavy atom. The van der Waals surface area contributed by atoms with Crippen LogP contribution in [0.2, 0.25) is 0 Å². The van der Waals surface area contributed by atoms with Crippen molar-refractivity contribution in [2.24, 2.45) is 0 Å². The van der Waals surface area contributed by atoms with Gasteiger partial charge in [-0.2, -0.15) is 0 Å². The predicted molar refractivity (Wildman–Crippen MR) is 108 cm³/mol. The highest BCUT2D eigenvalue weighted by atomic mass is 79.9. The van der Waals surface area contributed by atoms with Crippen molar-refractivity contribution in [3.63, 3.8) is 0 Å². The highest BCUT2D eigenvalue weighted by Crippen LogP contribution is 2.22. The maximum atomic E-state index is 12.7. The summed E-state index contributed by atoms with van der Waals surface area (Å²) in [6, 6.07) is 14.7. The number of benzene rings is 2. The molecule has 2 amide bonds. The SMILES string of the molecule is Cc1cc(Br)ccc1NC(=O)CN(C)[C@@H](C(=O)N(C)C)c1ccccc1. The molecule has 0 radical (unpaired) electrons. The second kappa shape index (κ2) is 8.96. The minimum atomic E-state index is -0.511. The number of likely N-dealkylation sites (N-methyl/N-ethyl adjacent to an activating group) is 2. The number of halogens is 1. The average Bonchev–Trinajstić information content (AvgIpc) is 2.58. The largest absolute Gasteiger partial charge is 0.347 e. The van der Waals surface area contributed by atoms with Crippen molar-refractivity contribution in [3.05, 3.63) is 64.1 Å². The van der Waals surface area contributed by atoms with E-state index in [1.807, 2.05) is 55.5 Å². The van der Waals surface area contributed by atoms with Gasteiger partial charge < -0.3 is 10.2 Å². The number of hydrogen-bond acceptors (Lipinski definition) is 3. The van der Waals surface area contributed by atoms with E-state index in [-0.39, 0.29) is 18.4 Å². The van der Waals surface area contributed by atoms with E-state index < -0.39 is 6.04 Å². The van der Waals surface area contributed by atoms with Crippen LogP contribution in [0.25, 0.3) is 0 Å². The summed E-state index contributed by atoms with van der Waals surface area (Å²) in [5.74, 6) is -0.225. The van der Waals surface area contributed by atoms with E-state index in [1.165, 1.54) is 0 Å².